The van der Waals surface area contributed by atoms with E-state index in [1.807, 2.05) is 20.4 Å². The zero-order valence-corrected chi connectivity index (χ0v) is 19.8. The van der Waals surface area contributed by atoms with Crippen LogP contribution in [0.15, 0.2) is 83.4 Å². The summed E-state index contributed by atoms with van der Waals surface area (Å²) in [5.41, 5.74) is 1.46. The Morgan fingerprint density at radius 2 is 1.85 bits per heavy atom. The van der Waals surface area contributed by atoms with Crippen molar-refractivity contribution in [3.63, 3.8) is 0 Å². The lowest BCUT2D eigenvalue weighted by atomic mass is 10.0. The molecule has 0 aliphatic carbocycles. The van der Waals surface area contributed by atoms with Crippen LogP contribution < -0.4 is 0 Å². The molecule has 0 saturated carbocycles. The van der Waals surface area contributed by atoms with Gasteiger partial charge in [0.25, 0.3) is 10.0 Å². The zero-order chi connectivity index (χ0) is 23.6. The smallest absolute Gasteiger partial charge is 0.269 e. The van der Waals surface area contributed by atoms with Crippen LogP contribution in [0.5, 0.6) is 0 Å². The Labute approximate surface area is 196 Å². The predicted molar refractivity (Wildman–Crippen MR) is 129 cm³/mol. The Hall–Kier alpha value is -3.50. The van der Waals surface area contributed by atoms with E-state index in [-0.39, 0.29) is 16.3 Å². The molecule has 33 heavy (non-hydrogen) atoms. The fourth-order valence-electron chi connectivity index (χ4n) is 3.27. The molecule has 0 N–H and O–H groups in total. The Bertz CT molecular complexity index is 1460. The van der Waals surface area contributed by atoms with Crippen molar-refractivity contribution in [1.82, 2.24) is 23.8 Å². The largest absolute Gasteiger partial charge is 0.383 e. The highest BCUT2D eigenvalue weighted by atomic mass is 32.2. The molecule has 0 unspecified atom stereocenters. The van der Waals surface area contributed by atoms with Gasteiger partial charge in [-0.15, -0.1) is 0 Å². The minimum atomic E-state index is -3.81. The van der Waals surface area contributed by atoms with Gasteiger partial charge in [0.15, 0.2) is 16.6 Å². The van der Waals surface area contributed by atoms with Gasteiger partial charge in [0.2, 0.25) is 0 Å². The normalized spacial score (nSPS) is 12.2. The Morgan fingerprint density at radius 1 is 1.09 bits per heavy atom. The molecule has 1 aromatic carbocycles. The van der Waals surface area contributed by atoms with Crippen molar-refractivity contribution in [3.05, 3.63) is 84.6 Å². The van der Waals surface area contributed by atoms with Gasteiger partial charge in [-0.05, 0) is 36.6 Å². The molecule has 0 fully saturated rings. The number of pyridine rings is 1. The minimum absolute atomic E-state index is 0.161. The molecule has 4 aromatic rings. The molecular formula is C23H21N5O3S2. The predicted octanol–water partition coefficient (Wildman–Crippen LogP) is 3.57. The van der Waals surface area contributed by atoms with E-state index in [0.29, 0.717) is 27.4 Å². The topological polar surface area (TPSA) is 98.0 Å². The van der Waals surface area contributed by atoms with E-state index < -0.39 is 10.0 Å². The lowest BCUT2D eigenvalue weighted by Crippen LogP contribution is -2.13. The van der Waals surface area contributed by atoms with Crippen LogP contribution in [0, 0.1) is 0 Å². The van der Waals surface area contributed by atoms with Gasteiger partial charge in [0.05, 0.1) is 16.2 Å². The molecule has 0 amide bonds. The van der Waals surface area contributed by atoms with Crippen molar-refractivity contribution in [3.8, 4) is 0 Å². The average Bonchev–Trinajstić information content (AvgIpc) is 3.27. The molecule has 0 atom stereocenters. The van der Waals surface area contributed by atoms with Gasteiger partial charge >= 0.3 is 0 Å². The second-order valence-corrected chi connectivity index (χ2v) is 9.92. The number of thioether (sulfide) groups is 1. The molecule has 0 radical (unpaired) electrons. The molecule has 3 aromatic heterocycles. The summed E-state index contributed by atoms with van der Waals surface area (Å²) in [4.78, 5) is 28.3. The molecule has 4 rings (SSSR count). The number of Topliss-reactive ketones (excluding diaryl/α,β-unsaturated/α-hetero) is 1. The van der Waals surface area contributed by atoms with E-state index in [1.54, 1.807) is 53.7 Å². The highest BCUT2D eigenvalue weighted by Crippen LogP contribution is 2.25. The maximum atomic E-state index is 13.4. The third-order valence-electron chi connectivity index (χ3n) is 4.78. The second kappa shape index (κ2) is 9.16. The number of hydrogen-bond donors (Lipinski definition) is 0. The summed E-state index contributed by atoms with van der Waals surface area (Å²) in [6, 6.07) is 13.1. The Kier molecular flexibility index (Phi) is 6.30. The van der Waals surface area contributed by atoms with Crippen LogP contribution >= 0.6 is 11.8 Å². The van der Waals surface area contributed by atoms with E-state index in [1.165, 1.54) is 36.3 Å². The van der Waals surface area contributed by atoms with Gasteiger partial charge in [-0.2, -0.15) is 0 Å². The molecule has 0 saturated heterocycles. The number of benzene rings is 1. The summed E-state index contributed by atoms with van der Waals surface area (Å²) >= 11 is 1.39. The highest BCUT2D eigenvalue weighted by molar-refractivity contribution is 7.98. The first-order chi connectivity index (χ1) is 15.8. The molecule has 3 heterocycles. The first-order valence-corrected chi connectivity index (χ1v) is 12.6. The summed E-state index contributed by atoms with van der Waals surface area (Å²) in [5, 5.41) is 1.10. The molecule has 0 aliphatic heterocycles. The third-order valence-corrected chi connectivity index (χ3v) is 7.02. The molecule has 0 spiro atoms. The number of aromatic nitrogens is 4. The number of carbonyl (C=O) groups excluding carboxylic acids is 1. The Morgan fingerprint density at radius 3 is 2.55 bits per heavy atom. The van der Waals surface area contributed by atoms with Crippen LogP contribution in [0.3, 0.4) is 0 Å². The number of fused-ring (bicyclic) bond motifs is 1. The number of carbonyl (C=O) groups is 1. The van der Waals surface area contributed by atoms with Crippen molar-refractivity contribution in [2.45, 2.75) is 10.1 Å². The summed E-state index contributed by atoms with van der Waals surface area (Å²) in [7, 11) is -0.168. The molecule has 10 heteroatoms. The number of hydrogen-bond acceptors (Lipinski definition) is 8. The summed E-state index contributed by atoms with van der Waals surface area (Å²) in [6.45, 7) is 0. The van der Waals surface area contributed by atoms with Crippen LogP contribution in [0.1, 0.15) is 16.1 Å². The number of nitrogens with zero attached hydrogens (tertiary/aromatic N) is 5. The van der Waals surface area contributed by atoms with Gasteiger partial charge in [-0.3, -0.25) is 4.79 Å². The SMILES string of the molecule is CSc1nccc(C(=CN(C)C)C(=O)c2cnc3c(ccn3S(=O)(=O)c3ccccc3)c2)n1. The molecule has 0 bridgehead atoms. The van der Waals surface area contributed by atoms with E-state index >= 15 is 0 Å². The monoisotopic (exact) mass is 479 g/mol. The highest BCUT2D eigenvalue weighted by Gasteiger charge is 2.22. The fraction of sp³-hybridized carbons (Fsp3) is 0.130. The molecular weight excluding hydrogens is 458 g/mol. The number of allylic oxidation sites excluding steroid dienone is 1. The van der Waals surface area contributed by atoms with Gasteiger partial charge < -0.3 is 4.90 Å². The summed E-state index contributed by atoms with van der Waals surface area (Å²) in [6.07, 6.45) is 8.01. The maximum Gasteiger partial charge on any atom is 0.269 e. The van der Waals surface area contributed by atoms with E-state index in [0.717, 1.165) is 3.97 Å². The van der Waals surface area contributed by atoms with Crippen LogP contribution in [0.25, 0.3) is 16.6 Å². The lowest BCUT2D eigenvalue weighted by Gasteiger charge is -2.12. The van der Waals surface area contributed by atoms with Crippen molar-refractivity contribution in [2.24, 2.45) is 0 Å². The first-order valence-electron chi connectivity index (χ1n) is 9.89. The molecule has 8 nitrogen and oxygen atoms in total. The molecule has 168 valence electrons. The van der Waals surface area contributed by atoms with Crippen LogP contribution in [-0.2, 0) is 10.0 Å². The quantitative estimate of drug-likeness (QED) is 0.172. The second-order valence-electron chi connectivity index (χ2n) is 7.33. The first kappa shape index (κ1) is 22.7. The summed E-state index contributed by atoms with van der Waals surface area (Å²) < 4.78 is 27.2. The van der Waals surface area contributed by atoms with Crippen LogP contribution in [-0.4, -0.2) is 58.4 Å². The van der Waals surface area contributed by atoms with E-state index in [9.17, 15) is 13.2 Å². The van der Waals surface area contributed by atoms with Crippen LogP contribution in [0.2, 0.25) is 0 Å². The van der Waals surface area contributed by atoms with E-state index in [2.05, 4.69) is 15.0 Å². The van der Waals surface area contributed by atoms with Crippen molar-refractivity contribution < 1.29 is 13.2 Å². The van der Waals surface area contributed by atoms with Gasteiger partial charge in [-0.25, -0.2) is 27.3 Å². The van der Waals surface area contributed by atoms with Gasteiger partial charge in [-0.1, -0.05) is 30.0 Å². The Balaban J connectivity index is 1.76. The number of rotatable bonds is 7. The van der Waals surface area contributed by atoms with Crippen molar-refractivity contribution in [2.75, 3.05) is 20.4 Å². The summed E-state index contributed by atoms with van der Waals surface area (Å²) in [5.74, 6) is -0.275. The number of ketones is 1. The minimum Gasteiger partial charge on any atom is -0.383 e. The molecule has 0 aliphatic rings. The standard InChI is InChI=1S/C23H21N5O3S2/c1-27(2)15-19(20-9-11-24-23(26-20)32-3)21(29)17-13-16-10-12-28(22(16)25-14-17)33(30,31)18-7-5-4-6-8-18/h4-15H,1-3H3. The third kappa shape index (κ3) is 4.53. The van der Waals surface area contributed by atoms with Crippen molar-refractivity contribution >= 4 is 44.2 Å². The maximum absolute atomic E-state index is 13.4. The van der Waals surface area contributed by atoms with Gasteiger partial charge in [0.1, 0.15) is 0 Å². The van der Waals surface area contributed by atoms with Crippen LogP contribution in [0.4, 0.5) is 0 Å². The zero-order valence-electron chi connectivity index (χ0n) is 18.2. The van der Waals surface area contributed by atoms with E-state index in [4.69, 9.17) is 0 Å². The lowest BCUT2D eigenvalue weighted by molar-refractivity contribution is 0.105. The fourth-order valence-corrected chi connectivity index (χ4v) is 4.95. The van der Waals surface area contributed by atoms with Crippen molar-refractivity contribution in [1.29, 1.82) is 0 Å². The average molecular weight is 480 g/mol. The van der Waals surface area contributed by atoms with Gasteiger partial charge in [0, 0.05) is 49.8 Å².